The van der Waals surface area contributed by atoms with Crippen molar-refractivity contribution < 1.29 is 0 Å². The highest BCUT2D eigenvalue weighted by atomic mass is 79.9. The van der Waals surface area contributed by atoms with E-state index in [-0.39, 0.29) is 9.65 Å². The van der Waals surface area contributed by atoms with Crippen LogP contribution in [-0.2, 0) is 0 Å². The smallest absolute Gasteiger partial charge is 0.0662 e. The predicted octanol–water partition coefficient (Wildman–Crippen LogP) is 8.02. The molecule has 6 heteroatoms. The predicted molar refractivity (Wildman–Crippen MR) is 105 cm³/mol. The molecule has 0 radical (unpaired) electrons. The number of benzene rings is 2. The Morgan fingerprint density at radius 2 is 0.950 bits per heavy atom. The molecule has 0 aromatic heterocycles. The number of alkyl halides is 2. The van der Waals surface area contributed by atoms with E-state index in [4.69, 9.17) is 0 Å². The van der Waals surface area contributed by atoms with E-state index in [9.17, 15) is 0 Å². The molecule has 0 aliphatic heterocycles. The van der Waals surface area contributed by atoms with Crippen molar-refractivity contribution in [2.75, 3.05) is 0 Å². The Morgan fingerprint density at radius 1 is 0.600 bits per heavy atom. The van der Waals surface area contributed by atoms with Crippen LogP contribution in [0.1, 0.15) is 31.9 Å². The number of fused-ring (bicyclic) bond motifs is 2. The normalized spacial score (nSPS) is 20.5. The molecule has 2 aromatic rings. The van der Waals surface area contributed by atoms with Gasteiger partial charge in [0.25, 0.3) is 0 Å². The van der Waals surface area contributed by atoms with Gasteiger partial charge in [0.05, 0.1) is 9.65 Å². The molecule has 1 aliphatic carbocycles. The average molecular weight is 654 g/mol. The van der Waals surface area contributed by atoms with Crippen LogP contribution >= 0.6 is 95.6 Å². The summed E-state index contributed by atoms with van der Waals surface area (Å²) in [5, 5.41) is 0. The Kier molecular flexibility index (Phi) is 4.92. The highest BCUT2D eigenvalue weighted by Crippen LogP contribution is 2.56. The fourth-order valence-corrected chi connectivity index (χ4v) is 7.48. The number of hydrogen-bond acceptors (Lipinski definition) is 0. The van der Waals surface area contributed by atoms with Crippen LogP contribution in [0, 0.1) is 0 Å². The number of hydrogen-bond donors (Lipinski definition) is 0. The molecule has 0 N–H and O–H groups in total. The molecule has 1 aliphatic rings. The zero-order chi connectivity index (χ0) is 14.6. The molecule has 0 nitrogen and oxygen atoms in total. The summed E-state index contributed by atoms with van der Waals surface area (Å²) < 4.78 is 4.19. The van der Waals surface area contributed by atoms with Crippen molar-refractivity contribution in [3.63, 3.8) is 0 Å². The van der Waals surface area contributed by atoms with E-state index in [1.165, 1.54) is 22.3 Å². The summed E-state index contributed by atoms with van der Waals surface area (Å²) in [6.07, 6.45) is 0. The van der Waals surface area contributed by atoms with Gasteiger partial charge in [-0.25, -0.2) is 0 Å². The molecule has 2 atom stereocenters. The van der Waals surface area contributed by atoms with E-state index in [2.05, 4.69) is 120 Å². The summed E-state index contributed by atoms with van der Waals surface area (Å²) in [7, 11) is 0. The topological polar surface area (TPSA) is 0 Å². The zero-order valence-corrected chi connectivity index (χ0v) is 19.2. The van der Waals surface area contributed by atoms with Crippen LogP contribution in [-0.4, -0.2) is 0 Å². The summed E-state index contributed by atoms with van der Waals surface area (Å²) in [4.78, 5) is 0.329. The van der Waals surface area contributed by atoms with Gasteiger partial charge in [0, 0.05) is 17.9 Å². The lowest BCUT2D eigenvalue weighted by atomic mass is 9.86. The Balaban J connectivity index is 2.39. The highest BCUT2D eigenvalue weighted by molar-refractivity contribution is 9.15. The van der Waals surface area contributed by atoms with Crippen LogP contribution in [0.25, 0.3) is 0 Å². The molecule has 0 bridgehead atoms. The molecule has 0 amide bonds. The lowest BCUT2D eigenvalue weighted by Crippen LogP contribution is -2.14. The van der Waals surface area contributed by atoms with Crippen LogP contribution in [0.5, 0.6) is 0 Å². The van der Waals surface area contributed by atoms with Crippen molar-refractivity contribution in [2.24, 2.45) is 0 Å². The molecule has 20 heavy (non-hydrogen) atoms. The molecule has 0 spiro atoms. The van der Waals surface area contributed by atoms with Crippen molar-refractivity contribution in [1.29, 1.82) is 0 Å². The summed E-state index contributed by atoms with van der Waals surface area (Å²) in [6, 6.07) is 8.49. The lowest BCUT2D eigenvalue weighted by Gasteiger charge is -2.31. The zero-order valence-electron chi connectivity index (χ0n) is 9.73. The van der Waals surface area contributed by atoms with E-state index >= 15 is 0 Å². The SMILES string of the molecule is Brc1c(Br)c(Br)c2c(c1Br)C(Br)c1ccccc1C2Br. The summed E-state index contributed by atoms with van der Waals surface area (Å²) in [5.41, 5.74) is 5.08. The first kappa shape index (κ1) is 16.2. The number of rotatable bonds is 0. The van der Waals surface area contributed by atoms with Gasteiger partial charge in [0.1, 0.15) is 0 Å². The third-order valence-electron chi connectivity index (χ3n) is 3.39. The molecule has 0 saturated heterocycles. The van der Waals surface area contributed by atoms with Crippen LogP contribution in [0.4, 0.5) is 0 Å². The molecule has 0 saturated carbocycles. The van der Waals surface area contributed by atoms with Crippen molar-refractivity contribution in [3.05, 3.63) is 64.4 Å². The van der Waals surface area contributed by atoms with E-state index in [0.717, 1.165) is 17.9 Å². The maximum absolute atomic E-state index is 3.85. The minimum absolute atomic E-state index is 0.164. The van der Waals surface area contributed by atoms with Gasteiger partial charge in [-0.1, -0.05) is 56.1 Å². The minimum Gasteiger partial charge on any atom is -0.0786 e. The van der Waals surface area contributed by atoms with Crippen molar-refractivity contribution in [3.8, 4) is 0 Å². The maximum atomic E-state index is 3.85. The van der Waals surface area contributed by atoms with Crippen LogP contribution in [0.3, 0.4) is 0 Å². The van der Waals surface area contributed by atoms with Gasteiger partial charge in [-0.3, -0.25) is 0 Å². The molecular formula is C14H6Br6. The number of halogens is 6. The summed E-state index contributed by atoms with van der Waals surface area (Å²) >= 11 is 22.4. The average Bonchev–Trinajstić information content (AvgIpc) is 2.46. The molecule has 3 rings (SSSR count). The van der Waals surface area contributed by atoms with Crippen LogP contribution in [0.2, 0.25) is 0 Å². The minimum atomic E-state index is 0.164. The van der Waals surface area contributed by atoms with Gasteiger partial charge in [-0.05, 0) is 86.0 Å². The van der Waals surface area contributed by atoms with Gasteiger partial charge >= 0.3 is 0 Å². The molecule has 0 fully saturated rings. The van der Waals surface area contributed by atoms with E-state index in [1.54, 1.807) is 0 Å². The summed E-state index contributed by atoms with van der Waals surface area (Å²) in [5.74, 6) is 0. The van der Waals surface area contributed by atoms with Crippen molar-refractivity contribution >= 4 is 95.6 Å². The summed E-state index contributed by atoms with van der Waals surface area (Å²) in [6.45, 7) is 0. The van der Waals surface area contributed by atoms with Crippen LogP contribution < -0.4 is 0 Å². The molecule has 2 unspecified atom stereocenters. The second-order valence-electron chi connectivity index (χ2n) is 4.44. The van der Waals surface area contributed by atoms with E-state index < -0.39 is 0 Å². The largest absolute Gasteiger partial charge is 0.0786 e. The van der Waals surface area contributed by atoms with Gasteiger partial charge in [0.15, 0.2) is 0 Å². The Bertz CT molecular complexity index is 649. The molecular weight excluding hydrogens is 648 g/mol. The highest BCUT2D eigenvalue weighted by Gasteiger charge is 2.34. The van der Waals surface area contributed by atoms with E-state index in [1.807, 2.05) is 0 Å². The first-order valence-corrected chi connectivity index (χ1v) is 10.7. The second-order valence-corrected chi connectivity index (χ2v) is 9.44. The Hall–Kier alpha value is 1.32. The monoisotopic (exact) mass is 648 g/mol. The van der Waals surface area contributed by atoms with E-state index in [0.29, 0.717) is 0 Å². The van der Waals surface area contributed by atoms with Crippen LogP contribution in [0.15, 0.2) is 42.2 Å². The first-order chi connectivity index (χ1) is 9.45. The van der Waals surface area contributed by atoms with Gasteiger partial charge in [0.2, 0.25) is 0 Å². The fraction of sp³-hybridized carbons (Fsp3) is 0.143. The van der Waals surface area contributed by atoms with Crippen molar-refractivity contribution in [2.45, 2.75) is 9.65 Å². The molecule has 0 heterocycles. The molecule has 2 aromatic carbocycles. The third-order valence-corrected chi connectivity index (χ3v) is 10.1. The fourth-order valence-electron chi connectivity index (χ4n) is 2.44. The first-order valence-electron chi connectivity index (χ1n) is 5.67. The van der Waals surface area contributed by atoms with Crippen molar-refractivity contribution in [1.82, 2.24) is 0 Å². The molecule has 104 valence electrons. The van der Waals surface area contributed by atoms with Gasteiger partial charge in [-0.2, -0.15) is 0 Å². The quantitative estimate of drug-likeness (QED) is 0.154. The van der Waals surface area contributed by atoms with Gasteiger partial charge < -0.3 is 0 Å². The third kappa shape index (κ3) is 2.37. The Morgan fingerprint density at radius 3 is 1.30 bits per heavy atom. The second kappa shape index (κ2) is 6.08. The Labute approximate surface area is 167 Å². The maximum Gasteiger partial charge on any atom is 0.0662 e. The standard InChI is InChI=1S/C14H6Br6/c15-9-5-3-1-2-4-6(5)10(16)8-7(9)11(17)13(19)14(20)12(8)18/h1-4,9-10H. The lowest BCUT2D eigenvalue weighted by molar-refractivity contribution is 0.967. The van der Waals surface area contributed by atoms with Gasteiger partial charge in [-0.15, -0.1) is 0 Å².